The van der Waals surface area contributed by atoms with Crippen LogP contribution in [0, 0.1) is 5.41 Å². The summed E-state index contributed by atoms with van der Waals surface area (Å²) in [6.45, 7) is 4.11. The molecule has 0 bridgehead atoms. The Hall–Kier alpha value is -0.835. The number of rotatable bonds is 5. The third-order valence-electron chi connectivity index (χ3n) is 2.14. The van der Waals surface area contributed by atoms with Crippen LogP contribution in [0.2, 0.25) is 0 Å². The molecule has 0 fully saturated rings. The van der Waals surface area contributed by atoms with Crippen LogP contribution in [-0.4, -0.2) is 30.5 Å². The summed E-state index contributed by atoms with van der Waals surface area (Å²) in [6, 6.07) is 9.18. The molecule has 0 radical (unpaired) electrons. The highest BCUT2D eigenvalue weighted by Gasteiger charge is 2.22. The van der Waals surface area contributed by atoms with Gasteiger partial charge in [0.15, 0.2) is 0 Å². The lowest BCUT2D eigenvalue weighted by molar-refractivity contribution is 0.0886. The van der Waals surface area contributed by atoms with Gasteiger partial charge in [0.1, 0.15) is 0 Å². The fourth-order valence-electron chi connectivity index (χ4n) is 1.06. The van der Waals surface area contributed by atoms with E-state index in [1.807, 2.05) is 32.0 Å². The lowest BCUT2D eigenvalue weighted by atomic mass is 9.79. The molecule has 0 saturated heterocycles. The molecule has 0 aromatic heterocycles. The quantitative estimate of drug-likeness (QED) is 0.689. The van der Waals surface area contributed by atoms with Crippen molar-refractivity contribution < 1.29 is 14.8 Å². The van der Waals surface area contributed by atoms with Crippen LogP contribution in [0.15, 0.2) is 30.3 Å². The van der Waals surface area contributed by atoms with Crippen LogP contribution >= 0.6 is 0 Å². The molecule has 1 aromatic rings. The Balaban J connectivity index is 2.47. The number of hydrogen-bond donors (Lipinski definition) is 2. The smallest absolute Gasteiger partial charge is 0.423 e. The van der Waals surface area contributed by atoms with Crippen molar-refractivity contribution in [2.75, 3.05) is 13.2 Å². The topological polar surface area (TPSA) is 49.7 Å². The first-order valence-electron chi connectivity index (χ1n) is 5.01. The second-order valence-corrected chi connectivity index (χ2v) is 4.40. The first-order chi connectivity index (χ1) is 7.05. The molecule has 0 aliphatic heterocycles. The van der Waals surface area contributed by atoms with Crippen LogP contribution in [0.5, 0.6) is 0 Å². The standard InChI is InChI=1S/C11H17BO3/c1-11(2,8-13)9-15-12(14)10-6-4-3-5-7-10/h3-7,13-14H,8-9H2,1-2H3. The third kappa shape index (κ3) is 4.04. The molecule has 82 valence electrons. The van der Waals surface area contributed by atoms with E-state index in [0.717, 1.165) is 5.46 Å². The maximum absolute atomic E-state index is 9.68. The summed E-state index contributed by atoms with van der Waals surface area (Å²) in [5.74, 6) is 0. The molecular weight excluding hydrogens is 191 g/mol. The SMILES string of the molecule is CC(C)(CO)COB(O)c1ccccc1. The largest absolute Gasteiger partial charge is 0.491 e. The molecule has 0 heterocycles. The van der Waals surface area contributed by atoms with E-state index >= 15 is 0 Å². The summed E-state index contributed by atoms with van der Waals surface area (Å²) in [7, 11) is -0.919. The van der Waals surface area contributed by atoms with E-state index in [9.17, 15) is 5.02 Å². The minimum atomic E-state index is -0.919. The summed E-state index contributed by atoms with van der Waals surface area (Å²) in [6.07, 6.45) is 0. The van der Waals surface area contributed by atoms with Crippen molar-refractivity contribution in [3.05, 3.63) is 30.3 Å². The lowest BCUT2D eigenvalue weighted by Gasteiger charge is -2.22. The van der Waals surface area contributed by atoms with Gasteiger partial charge in [-0.15, -0.1) is 0 Å². The average molecular weight is 208 g/mol. The molecule has 2 N–H and O–H groups in total. The zero-order valence-electron chi connectivity index (χ0n) is 9.18. The van der Waals surface area contributed by atoms with Crippen molar-refractivity contribution >= 4 is 12.6 Å². The summed E-state index contributed by atoms with van der Waals surface area (Å²) < 4.78 is 5.28. The van der Waals surface area contributed by atoms with E-state index in [4.69, 9.17) is 9.76 Å². The Morgan fingerprint density at radius 3 is 2.40 bits per heavy atom. The Morgan fingerprint density at radius 2 is 1.87 bits per heavy atom. The maximum atomic E-state index is 9.68. The first kappa shape index (κ1) is 12.2. The molecule has 0 aliphatic carbocycles. The molecule has 3 nitrogen and oxygen atoms in total. The van der Waals surface area contributed by atoms with Crippen molar-refractivity contribution in [3.8, 4) is 0 Å². The second-order valence-electron chi connectivity index (χ2n) is 4.40. The minimum Gasteiger partial charge on any atom is -0.423 e. The molecule has 1 aromatic carbocycles. The van der Waals surface area contributed by atoms with Crippen molar-refractivity contribution in [2.45, 2.75) is 13.8 Å². The van der Waals surface area contributed by atoms with Crippen molar-refractivity contribution in [1.82, 2.24) is 0 Å². The lowest BCUT2D eigenvalue weighted by Crippen LogP contribution is -2.37. The molecule has 0 atom stereocenters. The summed E-state index contributed by atoms with van der Waals surface area (Å²) in [5.41, 5.74) is 0.404. The van der Waals surface area contributed by atoms with Crippen LogP contribution in [0.4, 0.5) is 0 Å². The van der Waals surface area contributed by atoms with Gasteiger partial charge in [0, 0.05) is 12.0 Å². The highest BCUT2D eigenvalue weighted by Crippen LogP contribution is 2.13. The van der Waals surface area contributed by atoms with E-state index in [1.54, 1.807) is 12.1 Å². The van der Waals surface area contributed by atoms with E-state index < -0.39 is 7.12 Å². The van der Waals surface area contributed by atoms with E-state index in [1.165, 1.54) is 0 Å². The van der Waals surface area contributed by atoms with Crippen LogP contribution < -0.4 is 5.46 Å². The molecule has 0 spiro atoms. The van der Waals surface area contributed by atoms with Gasteiger partial charge in [0.25, 0.3) is 0 Å². The Bertz CT molecular complexity index is 287. The van der Waals surface area contributed by atoms with Crippen molar-refractivity contribution in [2.24, 2.45) is 5.41 Å². The number of aliphatic hydroxyl groups excluding tert-OH is 1. The average Bonchev–Trinajstić information content (AvgIpc) is 2.27. The number of benzene rings is 1. The fraction of sp³-hybridized carbons (Fsp3) is 0.455. The van der Waals surface area contributed by atoms with Gasteiger partial charge < -0.3 is 14.8 Å². The highest BCUT2D eigenvalue weighted by molar-refractivity contribution is 6.59. The van der Waals surface area contributed by atoms with E-state index in [-0.39, 0.29) is 12.0 Å². The summed E-state index contributed by atoms with van der Waals surface area (Å²) in [5, 5.41) is 18.7. The van der Waals surface area contributed by atoms with Gasteiger partial charge in [-0.2, -0.15) is 0 Å². The molecule has 0 saturated carbocycles. The number of aliphatic hydroxyl groups is 1. The molecule has 1 rings (SSSR count). The monoisotopic (exact) mass is 208 g/mol. The zero-order valence-corrected chi connectivity index (χ0v) is 9.18. The van der Waals surface area contributed by atoms with E-state index in [0.29, 0.717) is 6.61 Å². The van der Waals surface area contributed by atoms with Gasteiger partial charge in [0.2, 0.25) is 0 Å². The van der Waals surface area contributed by atoms with E-state index in [2.05, 4.69) is 0 Å². The van der Waals surface area contributed by atoms with Crippen molar-refractivity contribution in [3.63, 3.8) is 0 Å². The molecule has 0 aliphatic rings. The van der Waals surface area contributed by atoms with Gasteiger partial charge >= 0.3 is 7.12 Å². The van der Waals surface area contributed by atoms with Crippen LogP contribution in [0.1, 0.15) is 13.8 Å². The molecular formula is C11H17BO3. The van der Waals surface area contributed by atoms with Crippen LogP contribution in [0.25, 0.3) is 0 Å². The van der Waals surface area contributed by atoms with Crippen molar-refractivity contribution in [1.29, 1.82) is 0 Å². The maximum Gasteiger partial charge on any atom is 0.491 e. The van der Waals surface area contributed by atoms with Gasteiger partial charge in [-0.1, -0.05) is 44.2 Å². The fourth-order valence-corrected chi connectivity index (χ4v) is 1.06. The van der Waals surface area contributed by atoms with Crippen LogP contribution in [0.3, 0.4) is 0 Å². The zero-order chi connectivity index (χ0) is 11.3. The van der Waals surface area contributed by atoms with Gasteiger partial charge in [-0.05, 0) is 5.46 Å². The predicted octanol–water partition coefficient (Wildman–Crippen LogP) is 0.409. The third-order valence-corrected chi connectivity index (χ3v) is 2.14. The molecule has 0 amide bonds. The van der Waals surface area contributed by atoms with Gasteiger partial charge in [-0.3, -0.25) is 0 Å². The molecule has 0 unspecified atom stereocenters. The second kappa shape index (κ2) is 5.30. The van der Waals surface area contributed by atoms with Gasteiger partial charge in [0.05, 0.1) is 6.61 Å². The Labute approximate surface area is 90.9 Å². The minimum absolute atomic E-state index is 0.0362. The van der Waals surface area contributed by atoms with Crippen LogP contribution in [-0.2, 0) is 4.65 Å². The summed E-state index contributed by atoms with van der Waals surface area (Å²) >= 11 is 0. The molecule has 4 heteroatoms. The molecule has 15 heavy (non-hydrogen) atoms. The first-order valence-corrected chi connectivity index (χ1v) is 5.01. The number of hydrogen-bond acceptors (Lipinski definition) is 3. The predicted molar refractivity (Wildman–Crippen MR) is 60.9 cm³/mol. The normalized spacial score (nSPS) is 11.5. The van der Waals surface area contributed by atoms with Gasteiger partial charge in [-0.25, -0.2) is 0 Å². The highest BCUT2D eigenvalue weighted by atomic mass is 16.5. The summed E-state index contributed by atoms with van der Waals surface area (Å²) in [4.78, 5) is 0. The Kier molecular flexibility index (Phi) is 4.33. The Morgan fingerprint density at radius 1 is 1.27 bits per heavy atom.